The quantitative estimate of drug-likeness (QED) is 0.171. The predicted octanol–water partition coefficient (Wildman–Crippen LogP) is 12.2. The van der Waals surface area contributed by atoms with Crippen molar-refractivity contribution in [1.29, 1.82) is 5.26 Å². The van der Waals surface area contributed by atoms with Crippen molar-refractivity contribution in [3.63, 3.8) is 0 Å². The summed E-state index contributed by atoms with van der Waals surface area (Å²) >= 11 is 0. The van der Waals surface area contributed by atoms with Gasteiger partial charge in [-0.1, -0.05) is 116 Å². The third-order valence-corrected chi connectivity index (χ3v) is 8.55. The number of rotatable bonds is 8. The van der Waals surface area contributed by atoms with E-state index in [0.29, 0.717) is 46.2 Å². The number of nitriles is 1. The fourth-order valence-corrected chi connectivity index (χ4v) is 6.23. The van der Waals surface area contributed by atoms with Gasteiger partial charge in [-0.05, 0) is 86.9 Å². The molecule has 2 heterocycles. The Hall–Kier alpha value is -4.11. The molecule has 0 fully saturated rings. The molecule has 0 unspecified atom stereocenters. The molecule has 4 aromatic rings. The van der Waals surface area contributed by atoms with E-state index < -0.39 is 11.7 Å². The second-order valence-electron chi connectivity index (χ2n) is 13.3. The summed E-state index contributed by atoms with van der Waals surface area (Å²) in [6, 6.07) is 23.9. The van der Waals surface area contributed by atoms with Crippen molar-refractivity contribution < 1.29 is 30.2 Å². The van der Waals surface area contributed by atoms with Gasteiger partial charge in [0.15, 0.2) is 0 Å². The maximum atomic E-state index is 13.5. The molecule has 0 saturated heterocycles. The Morgan fingerprint density at radius 3 is 1.55 bits per heavy atom. The number of aliphatic imine (C=N–C) groups is 1. The van der Waals surface area contributed by atoms with Gasteiger partial charge in [0.1, 0.15) is 0 Å². The van der Waals surface area contributed by atoms with E-state index in [0.717, 1.165) is 34.7 Å². The van der Waals surface area contributed by atoms with E-state index in [-0.39, 0.29) is 17.1 Å². The number of hydrogen-bond donors (Lipinski definition) is 0. The van der Waals surface area contributed by atoms with Gasteiger partial charge in [-0.25, -0.2) is 4.99 Å². The van der Waals surface area contributed by atoms with Crippen molar-refractivity contribution in [3.05, 3.63) is 135 Å². The van der Waals surface area contributed by atoms with E-state index in [1.54, 1.807) is 6.07 Å². The number of halogens is 3. The second kappa shape index (κ2) is 16.5. The Labute approximate surface area is 300 Å². The fourth-order valence-electron chi connectivity index (χ4n) is 6.23. The zero-order valence-corrected chi connectivity index (χ0v) is 30.6. The summed E-state index contributed by atoms with van der Waals surface area (Å²) in [5, 5.41) is 7.32. The van der Waals surface area contributed by atoms with Gasteiger partial charge >= 0.3 is 23.2 Å². The van der Waals surface area contributed by atoms with Gasteiger partial charge in [-0.3, -0.25) is 0 Å². The Kier molecular flexibility index (Phi) is 13.3. The van der Waals surface area contributed by atoms with Crippen LogP contribution in [0.3, 0.4) is 0 Å². The number of benzene rings is 3. The van der Waals surface area contributed by atoms with Crippen molar-refractivity contribution in [1.82, 2.24) is 4.98 Å². The van der Waals surface area contributed by atoms with E-state index in [9.17, 15) is 13.2 Å². The number of hydrogen-bond acceptors (Lipinski definition) is 2. The molecule has 1 aromatic heterocycles. The number of allylic oxidation sites excluding steroid dienone is 2. The van der Waals surface area contributed by atoms with E-state index >= 15 is 0 Å². The van der Waals surface area contributed by atoms with Crippen molar-refractivity contribution in [2.45, 2.75) is 92.2 Å². The standard InChI is InChI=1S/C40H42F3N2.C2H3N.Cu/c1-23(2)29-11-9-12-30(24(3)4)38(29)35-21-19-33(44-35)37(27-15-17-28(18-16-27)40(41,42)43)34-20-22-36(45-34)39-31(25(5)6)13-10-14-32(39)26(7)8;1-2-3;/h9-26H,1-8H3;1H3;/q-1;;+1/b37-33-;;. The Morgan fingerprint density at radius 2 is 1.12 bits per heavy atom. The van der Waals surface area contributed by atoms with Crippen LogP contribution in [0, 0.1) is 11.3 Å². The maximum absolute atomic E-state index is 13.5. The van der Waals surface area contributed by atoms with Crippen molar-refractivity contribution >= 4 is 11.3 Å². The van der Waals surface area contributed by atoms with Crippen LogP contribution in [-0.4, -0.2) is 5.71 Å². The summed E-state index contributed by atoms with van der Waals surface area (Å²) in [4.78, 5) is 10.3. The predicted molar refractivity (Wildman–Crippen MR) is 192 cm³/mol. The van der Waals surface area contributed by atoms with Gasteiger partial charge in [0.25, 0.3) is 0 Å². The molecule has 0 aliphatic carbocycles. The van der Waals surface area contributed by atoms with E-state index in [2.05, 4.69) is 91.8 Å². The summed E-state index contributed by atoms with van der Waals surface area (Å²) in [6.07, 6.45) is -0.418. The topological polar surface area (TPSA) is 50.2 Å². The molecular formula is C42H45CuF3N3. The molecule has 1 aliphatic heterocycles. The first kappa shape index (κ1) is 39.3. The van der Waals surface area contributed by atoms with Crippen LogP contribution in [-0.2, 0) is 23.2 Å². The third kappa shape index (κ3) is 8.74. The van der Waals surface area contributed by atoms with Crippen LogP contribution in [0.5, 0.6) is 0 Å². The van der Waals surface area contributed by atoms with Crippen LogP contribution >= 0.6 is 0 Å². The van der Waals surface area contributed by atoms with Crippen LogP contribution in [0.1, 0.15) is 131 Å². The minimum Gasteiger partial charge on any atom is -0.657 e. The third-order valence-electron chi connectivity index (χ3n) is 8.55. The van der Waals surface area contributed by atoms with Crippen LogP contribution in [0.25, 0.3) is 16.8 Å². The molecule has 0 amide bonds. The van der Waals surface area contributed by atoms with Gasteiger partial charge in [-0.15, -0.1) is 11.4 Å². The average molecular weight is 712 g/mol. The molecule has 0 saturated carbocycles. The van der Waals surface area contributed by atoms with Crippen molar-refractivity contribution in [2.24, 2.45) is 4.99 Å². The van der Waals surface area contributed by atoms with E-state index in [1.165, 1.54) is 41.3 Å². The van der Waals surface area contributed by atoms with E-state index in [4.69, 9.17) is 15.2 Å². The summed E-state index contributed by atoms with van der Waals surface area (Å²) < 4.78 is 40.6. The largest absolute Gasteiger partial charge is 1.00 e. The molecule has 3 nitrogen and oxygen atoms in total. The molecule has 7 heteroatoms. The van der Waals surface area contributed by atoms with Crippen molar-refractivity contribution in [2.75, 3.05) is 0 Å². The van der Waals surface area contributed by atoms with Gasteiger partial charge in [0.2, 0.25) is 0 Å². The SMILES string of the molecule is CC#N.CC(C)c1cccc(C(C)C)c1C1=N/C(=C(/c2ccc(C(F)(F)F)cc2)c2ccc(-c3c(C(C)C)cccc3C(C)C)[n-]2)C=C1.[Cu+]. The molecule has 0 spiro atoms. The van der Waals surface area contributed by atoms with Crippen LogP contribution in [0.4, 0.5) is 13.2 Å². The minimum atomic E-state index is -4.42. The van der Waals surface area contributed by atoms with Gasteiger partial charge in [0, 0.05) is 12.5 Å². The molecular weight excluding hydrogens is 667 g/mol. The molecule has 0 atom stereocenters. The number of alkyl halides is 3. The Bertz CT molecular complexity index is 1830. The van der Waals surface area contributed by atoms with Crippen LogP contribution < -0.4 is 4.98 Å². The summed E-state index contributed by atoms with van der Waals surface area (Å²) in [5.41, 5.74) is 10.9. The van der Waals surface area contributed by atoms with Crippen LogP contribution in [0.15, 0.2) is 95.6 Å². The Morgan fingerprint density at radius 1 is 0.673 bits per heavy atom. The number of nitrogens with zero attached hydrogens (tertiary/aromatic N) is 3. The summed E-state index contributed by atoms with van der Waals surface area (Å²) in [5.74, 6) is 1.20. The molecule has 49 heavy (non-hydrogen) atoms. The fraction of sp³-hybridized carbons (Fsp3) is 0.333. The first-order valence-electron chi connectivity index (χ1n) is 16.6. The zero-order valence-electron chi connectivity index (χ0n) is 29.7. The molecule has 1 aliphatic rings. The molecule has 5 rings (SSSR count). The summed E-state index contributed by atoms with van der Waals surface area (Å²) in [6.45, 7) is 18.9. The second-order valence-corrected chi connectivity index (χ2v) is 13.3. The zero-order chi connectivity index (χ0) is 35.3. The first-order valence-corrected chi connectivity index (χ1v) is 16.6. The molecule has 3 aromatic carbocycles. The number of aromatic nitrogens is 1. The molecule has 0 bridgehead atoms. The van der Waals surface area contributed by atoms with E-state index in [1.807, 2.05) is 24.3 Å². The van der Waals surface area contributed by atoms with Gasteiger partial charge in [0.05, 0.1) is 23.0 Å². The molecule has 0 N–H and O–H groups in total. The van der Waals surface area contributed by atoms with Crippen molar-refractivity contribution in [3.8, 4) is 17.3 Å². The Balaban J connectivity index is 0.00000157. The normalized spacial score (nSPS) is 13.7. The average Bonchev–Trinajstić information content (AvgIpc) is 3.71. The minimum absolute atomic E-state index is 0. The first-order chi connectivity index (χ1) is 22.7. The smallest absolute Gasteiger partial charge is 0.657 e. The maximum Gasteiger partial charge on any atom is 1.00 e. The summed E-state index contributed by atoms with van der Waals surface area (Å²) in [7, 11) is 0. The van der Waals surface area contributed by atoms with Gasteiger partial charge in [-0.2, -0.15) is 18.4 Å². The molecule has 260 valence electrons. The van der Waals surface area contributed by atoms with Gasteiger partial charge < -0.3 is 4.98 Å². The molecule has 0 radical (unpaired) electrons. The van der Waals surface area contributed by atoms with Crippen LogP contribution in [0.2, 0.25) is 0 Å². The monoisotopic (exact) mass is 711 g/mol.